The largest absolute Gasteiger partial charge is 0.354 e. The Morgan fingerprint density at radius 3 is 2.67 bits per heavy atom. The Balaban J connectivity index is 2.22. The summed E-state index contributed by atoms with van der Waals surface area (Å²) < 4.78 is 1.08. The molecule has 0 aliphatic carbocycles. The van der Waals surface area contributed by atoms with E-state index in [4.69, 9.17) is 0 Å². The van der Waals surface area contributed by atoms with Crippen LogP contribution < -0.4 is 5.32 Å². The Hall–Kier alpha value is -1.07. The summed E-state index contributed by atoms with van der Waals surface area (Å²) >= 11 is 5.08. The Morgan fingerprint density at radius 2 is 2.00 bits per heavy atom. The number of benzene rings is 1. The minimum absolute atomic E-state index is 0.683. The standard InChI is InChI=1S/C13H14BrN3S/c1-3-15-13-16-8-9(2)12(17-13)18-11-6-4-10(14)5-7-11/h4-8H,3H2,1-2H3,(H,15,16,17). The van der Waals surface area contributed by atoms with E-state index >= 15 is 0 Å². The molecule has 0 aliphatic heterocycles. The van der Waals surface area contributed by atoms with Crippen molar-refractivity contribution < 1.29 is 0 Å². The van der Waals surface area contributed by atoms with Crippen LogP contribution in [0.15, 0.2) is 44.9 Å². The third-order valence-electron chi connectivity index (χ3n) is 2.29. The molecule has 1 heterocycles. The lowest BCUT2D eigenvalue weighted by atomic mass is 10.4. The van der Waals surface area contributed by atoms with Gasteiger partial charge in [0.2, 0.25) is 5.95 Å². The first-order valence-electron chi connectivity index (χ1n) is 5.70. The maximum atomic E-state index is 4.51. The highest BCUT2D eigenvalue weighted by atomic mass is 79.9. The molecule has 0 spiro atoms. The topological polar surface area (TPSA) is 37.8 Å². The molecule has 5 heteroatoms. The van der Waals surface area contributed by atoms with Gasteiger partial charge >= 0.3 is 0 Å². The number of nitrogens with one attached hydrogen (secondary N) is 1. The normalized spacial score (nSPS) is 10.4. The fourth-order valence-electron chi connectivity index (χ4n) is 1.39. The zero-order chi connectivity index (χ0) is 13.0. The van der Waals surface area contributed by atoms with E-state index in [2.05, 4.69) is 43.3 Å². The van der Waals surface area contributed by atoms with Crippen molar-refractivity contribution in [3.05, 3.63) is 40.5 Å². The molecule has 2 rings (SSSR count). The molecule has 3 nitrogen and oxygen atoms in total. The Bertz CT molecular complexity index is 528. The van der Waals surface area contributed by atoms with Gasteiger partial charge in [0.05, 0.1) is 0 Å². The summed E-state index contributed by atoms with van der Waals surface area (Å²) in [6.45, 7) is 4.88. The van der Waals surface area contributed by atoms with Gasteiger partial charge in [-0.05, 0) is 38.1 Å². The first-order valence-corrected chi connectivity index (χ1v) is 7.31. The number of halogens is 1. The molecule has 0 amide bonds. The van der Waals surface area contributed by atoms with E-state index in [1.807, 2.05) is 32.2 Å². The average Bonchev–Trinajstić information content (AvgIpc) is 2.36. The number of hydrogen-bond donors (Lipinski definition) is 1. The second-order valence-corrected chi connectivity index (χ2v) is 5.75. The van der Waals surface area contributed by atoms with Crippen LogP contribution in [-0.4, -0.2) is 16.5 Å². The van der Waals surface area contributed by atoms with Gasteiger partial charge in [-0.1, -0.05) is 27.7 Å². The predicted molar refractivity (Wildman–Crippen MR) is 79.2 cm³/mol. The van der Waals surface area contributed by atoms with Gasteiger partial charge in [-0.3, -0.25) is 0 Å². The molecule has 1 N–H and O–H groups in total. The monoisotopic (exact) mass is 323 g/mol. The molecule has 0 atom stereocenters. The van der Waals surface area contributed by atoms with Gasteiger partial charge < -0.3 is 5.32 Å². The van der Waals surface area contributed by atoms with Gasteiger partial charge in [0, 0.05) is 27.7 Å². The molecule has 2 aromatic rings. The van der Waals surface area contributed by atoms with E-state index in [0.29, 0.717) is 5.95 Å². The summed E-state index contributed by atoms with van der Waals surface area (Å²) in [5.41, 5.74) is 1.09. The van der Waals surface area contributed by atoms with Crippen molar-refractivity contribution in [1.82, 2.24) is 9.97 Å². The predicted octanol–water partition coefficient (Wildman–Crippen LogP) is 4.13. The second-order valence-electron chi connectivity index (χ2n) is 3.77. The Labute approximate surface area is 120 Å². The molecule has 1 aromatic heterocycles. The number of rotatable bonds is 4. The fraction of sp³-hybridized carbons (Fsp3) is 0.231. The molecular formula is C13H14BrN3S. The molecule has 0 unspecified atom stereocenters. The van der Waals surface area contributed by atoms with Crippen molar-refractivity contribution in [1.29, 1.82) is 0 Å². The van der Waals surface area contributed by atoms with Crippen LogP contribution in [-0.2, 0) is 0 Å². The van der Waals surface area contributed by atoms with E-state index in [9.17, 15) is 0 Å². The van der Waals surface area contributed by atoms with Gasteiger partial charge in [-0.25, -0.2) is 9.97 Å². The molecule has 1 aromatic carbocycles. The molecule has 0 radical (unpaired) electrons. The summed E-state index contributed by atoms with van der Waals surface area (Å²) in [5.74, 6) is 0.683. The van der Waals surface area contributed by atoms with E-state index in [1.54, 1.807) is 11.8 Å². The lowest BCUT2D eigenvalue weighted by molar-refractivity contribution is 0.983. The molecule has 94 valence electrons. The molecular weight excluding hydrogens is 310 g/mol. The summed E-state index contributed by atoms with van der Waals surface area (Å²) in [6.07, 6.45) is 1.85. The maximum Gasteiger partial charge on any atom is 0.223 e. The minimum Gasteiger partial charge on any atom is -0.354 e. The molecule has 0 saturated heterocycles. The van der Waals surface area contributed by atoms with Crippen molar-refractivity contribution in [2.24, 2.45) is 0 Å². The zero-order valence-corrected chi connectivity index (χ0v) is 12.7. The van der Waals surface area contributed by atoms with E-state index in [-0.39, 0.29) is 0 Å². The highest BCUT2D eigenvalue weighted by molar-refractivity contribution is 9.10. The summed E-state index contributed by atoms with van der Waals surface area (Å²) in [5, 5.41) is 4.12. The van der Waals surface area contributed by atoms with Crippen molar-refractivity contribution in [3.8, 4) is 0 Å². The molecule has 0 aliphatic rings. The third kappa shape index (κ3) is 3.46. The number of hydrogen-bond acceptors (Lipinski definition) is 4. The summed E-state index contributed by atoms with van der Waals surface area (Å²) in [7, 11) is 0. The van der Waals surface area contributed by atoms with Crippen LogP contribution in [0.3, 0.4) is 0 Å². The lowest BCUT2D eigenvalue weighted by Crippen LogP contribution is -2.03. The van der Waals surface area contributed by atoms with Crippen molar-refractivity contribution >= 4 is 33.6 Å². The Kier molecular flexibility index (Phi) is 4.60. The number of aromatic nitrogens is 2. The van der Waals surface area contributed by atoms with Gasteiger partial charge in [-0.2, -0.15) is 0 Å². The van der Waals surface area contributed by atoms with E-state index in [0.717, 1.165) is 21.6 Å². The van der Waals surface area contributed by atoms with Crippen LogP contribution in [0.5, 0.6) is 0 Å². The van der Waals surface area contributed by atoms with Crippen LogP contribution in [0.4, 0.5) is 5.95 Å². The van der Waals surface area contributed by atoms with Crippen LogP contribution in [0.1, 0.15) is 12.5 Å². The molecule has 0 fully saturated rings. The van der Waals surface area contributed by atoms with Crippen LogP contribution in [0.2, 0.25) is 0 Å². The molecule has 0 bridgehead atoms. The van der Waals surface area contributed by atoms with Gasteiger partial charge in [0.25, 0.3) is 0 Å². The highest BCUT2D eigenvalue weighted by Crippen LogP contribution is 2.29. The zero-order valence-electron chi connectivity index (χ0n) is 10.3. The second kappa shape index (κ2) is 6.20. The summed E-state index contributed by atoms with van der Waals surface area (Å²) in [4.78, 5) is 9.92. The smallest absolute Gasteiger partial charge is 0.223 e. The molecule has 0 saturated carbocycles. The van der Waals surface area contributed by atoms with Crippen LogP contribution in [0.25, 0.3) is 0 Å². The van der Waals surface area contributed by atoms with Crippen molar-refractivity contribution in [3.63, 3.8) is 0 Å². The van der Waals surface area contributed by atoms with Gasteiger partial charge in [-0.15, -0.1) is 0 Å². The van der Waals surface area contributed by atoms with Crippen LogP contribution in [0, 0.1) is 6.92 Å². The minimum atomic E-state index is 0.683. The average molecular weight is 324 g/mol. The third-order valence-corrected chi connectivity index (χ3v) is 3.93. The first kappa shape index (κ1) is 13.4. The van der Waals surface area contributed by atoms with E-state index < -0.39 is 0 Å². The quantitative estimate of drug-likeness (QED) is 0.858. The molecule has 18 heavy (non-hydrogen) atoms. The fourth-order valence-corrected chi connectivity index (χ4v) is 2.49. The summed E-state index contributed by atoms with van der Waals surface area (Å²) in [6, 6.07) is 8.21. The number of anilines is 1. The maximum absolute atomic E-state index is 4.51. The SMILES string of the molecule is CCNc1ncc(C)c(Sc2ccc(Br)cc2)n1. The Morgan fingerprint density at radius 1 is 1.28 bits per heavy atom. The highest BCUT2D eigenvalue weighted by Gasteiger charge is 2.05. The number of aryl methyl sites for hydroxylation is 1. The van der Waals surface area contributed by atoms with E-state index in [1.165, 1.54) is 4.90 Å². The van der Waals surface area contributed by atoms with Crippen LogP contribution >= 0.6 is 27.7 Å². The van der Waals surface area contributed by atoms with Gasteiger partial charge in [0.1, 0.15) is 5.03 Å². The number of nitrogens with zero attached hydrogens (tertiary/aromatic N) is 2. The van der Waals surface area contributed by atoms with Crippen molar-refractivity contribution in [2.45, 2.75) is 23.8 Å². The first-order chi connectivity index (χ1) is 8.69. The van der Waals surface area contributed by atoms with Crippen molar-refractivity contribution in [2.75, 3.05) is 11.9 Å². The van der Waals surface area contributed by atoms with Gasteiger partial charge in [0.15, 0.2) is 0 Å². The lowest BCUT2D eigenvalue weighted by Gasteiger charge is -2.07.